The van der Waals surface area contributed by atoms with Crippen molar-refractivity contribution >= 4 is 17.8 Å². The topological polar surface area (TPSA) is 78.5 Å². The first-order chi connectivity index (χ1) is 11.0. The molecule has 1 atom stereocenters. The molecule has 2 N–H and O–H groups in total. The van der Waals surface area contributed by atoms with E-state index in [1.165, 1.54) is 25.1 Å². The Morgan fingerprint density at radius 3 is 2.50 bits per heavy atom. The van der Waals surface area contributed by atoms with Gasteiger partial charge in [-0.2, -0.15) is 13.2 Å². The summed E-state index contributed by atoms with van der Waals surface area (Å²) in [6.45, 7) is -1.23. The first kappa shape index (κ1) is 17.7. The maximum absolute atomic E-state index is 13.9. The van der Waals surface area contributed by atoms with Crippen LogP contribution in [0.5, 0.6) is 0 Å². The van der Waals surface area contributed by atoms with Crippen molar-refractivity contribution in [3.05, 3.63) is 35.6 Å². The van der Waals surface area contributed by atoms with Gasteiger partial charge in [0.2, 0.25) is 5.91 Å². The van der Waals surface area contributed by atoms with Crippen molar-refractivity contribution in [2.45, 2.75) is 18.6 Å². The Bertz CT molecular complexity index is 692. The molecule has 10 heteroatoms. The second kappa shape index (κ2) is 6.10. The molecular formula is C14H13F4N3O3. The van der Waals surface area contributed by atoms with Gasteiger partial charge in [0.25, 0.3) is 5.91 Å². The molecule has 1 saturated heterocycles. The minimum atomic E-state index is -4.62. The van der Waals surface area contributed by atoms with Crippen LogP contribution in [0.15, 0.2) is 24.3 Å². The number of nitrogens with zero attached hydrogens (tertiary/aromatic N) is 1. The molecule has 1 aromatic rings. The summed E-state index contributed by atoms with van der Waals surface area (Å²) in [4.78, 5) is 36.2. The van der Waals surface area contributed by atoms with Crippen molar-refractivity contribution in [3.63, 3.8) is 0 Å². The molecule has 1 aromatic carbocycles. The van der Waals surface area contributed by atoms with Crippen LogP contribution in [0.3, 0.4) is 0 Å². The third-order valence-electron chi connectivity index (χ3n) is 3.48. The van der Waals surface area contributed by atoms with Crippen molar-refractivity contribution in [2.24, 2.45) is 0 Å². The molecule has 1 heterocycles. The van der Waals surface area contributed by atoms with Crippen LogP contribution in [0.2, 0.25) is 0 Å². The summed E-state index contributed by atoms with van der Waals surface area (Å²) in [5, 5.41) is 3.82. The zero-order valence-corrected chi connectivity index (χ0v) is 12.4. The van der Waals surface area contributed by atoms with Gasteiger partial charge in [0.15, 0.2) is 0 Å². The van der Waals surface area contributed by atoms with E-state index in [9.17, 15) is 31.9 Å². The first-order valence-electron chi connectivity index (χ1n) is 6.77. The molecule has 0 saturated carbocycles. The third kappa shape index (κ3) is 3.47. The van der Waals surface area contributed by atoms with E-state index >= 15 is 0 Å². The molecule has 2 rings (SSSR count). The highest BCUT2D eigenvalue weighted by Crippen LogP contribution is 2.30. The number of amides is 4. The van der Waals surface area contributed by atoms with E-state index in [-0.39, 0.29) is 5.56 Å². The molecule has 0 aromatic heterocycles. The summed E-state index contributed by atoms with van der Waals surface area (Å²) < 4.78 is 50.1. The van der Waals surface area contributed by atoms with E-state index in [2.05, 4.69) is 5.32 Å². The number of hydrogen-bond donors (Lipinski definition) is 2. The van der Waals surface area contributed by atoms with E-state index in [0.717, 1.165) is 6.07 Å². The maximum atomic E-state index is 13.9. The Hall–Kier alpha value is -2.65. The average Bonchev–Trinajstić information content (AvgIpc) is 2.69. The molecule has 0 spiro atoms. The van der Waals surface area contributed by atoms with Crippen molar-refractivity contribution in [3.8, 4) is 0 Å². The lowest BCUT2D eigenvalue weighted by Crippen LogP contribution is -2.45. The van der Waals surface area contributed by atoms with Crippen LogP contribution in [0.4, 0.5) is 22.4 Å². The number of hydrogen-bond acceptors (Lipinski definition) is 3. The monoisotopic (exact) mass is 347 g/mol. The van der Waals surface area contributed by atoms with Crippen LogP contribution in [-0.4, -0.2) is 42.0 Å². The van der Waals surface area contributed by atoms with E-state index in [1.54, 1.807) is 5.32 Å². The van der Waals surface area contributed by atoms with Gasteiger partial charge in [0.1, 0.15) is 24.4 Å². The lowest BCUT2D eigenvalue weighted by Gasteiger charge is -2.22. The fourth-order valence-electron chi connectivity index (χ4n) is 2.29. The molecule has 0 bridgehead atoms. The molecular weight excluding hydrogens is 334 g/mol. The molecule has 6 nitrogen and oxygen atoms in total. The predicted molar refractivity (Wildman–Crippen MR) is 73.1 cm³/mol. The molecule has 0 aliphatic carbocycles. The summed E-state index contributed by atoms with van der Waals surface area (Å²) >= 11 is 0. The minimum Gasteiger partial charge on any atom is -0.345 e. The largest absolute Gasteiger partial charge is 0.405 e. The zero-order chi connectivity index (χ0) is 18.1. The Morgan fingerprint density at radius 1 is 1.29 bits per heavy atom. The van der Waals surface area contributed by atoms with E-state index in [4.69, 9.17) is 0 Å². The van der Waals surface area contributed by atoms with Gasteiger partial charge in [0.05, 0.1) is 0 Å². The van der Waals surface area contributed by atoms with Gasteiger partial charge < -0.3 is 10.6 Å². The molecule has 1 aliphatic heterocycles. The molecule has 130 valence electrons. The highest BCUT2D eigenvalue weighted by Gasteiger charge is 2.50. The molecule has 1 fully saturated rings. The Morgan fingerprint density at radius 2 is 1.92 bits per heavy atom. The van der Waals surface area contributed by atoms with Crippen molar-refractivity contribution in [2.75, 3.05) is 13.1 Å². The Balaban J connectivity index is 2.15. The van der Waals surface area contributed by atoms with Gasteiger partial charge >= 0.3 is 12.2 Å². The summed E-state index contributed by atoms with van der Waals surface area (Å²) in [5.74, 6) is -2.83. The van der Waals surface area contributed by atoms with Crippen LogP contribution in [0, 0.1) is 5.82 Å². The van der Waals surface area contributed by atoms with Gasteiger partial charge in [-0.3, -0.25) is 14.5 Å². The molecule has 0 radical (unpaired) electrons. The summed E-state index contributed by atoms with van der Waals surface area (Å²) in [6, 6.07) is 4.25. The fourth-order valence-corrected chi connectivity index (χ4v) is 2.29. The number of imide groups is 1. The first-order valence-corrected chi connectivity index (χ1v) is 6.77. The zero-order valence-electron chi connectivity index (χ0n) is 12.4. The van der Waals surface area contributed by atoms with Gasteiger partial charge in [-0.05, 0) is 13.0 Å². The average molecular weight is 347 g/mol. The SMILES string of the molecule is CC1(c2ccccc2F)NC(=O)N(CC(=O)NCC(F)(F)F)C1=O. The number of halogens is 4. The molecule has 4 amide bonds. The normalized spacial score (nSPS) is 21.0. The molecule has 24 heavy (non-hydrogen) atoms. The number of benzene rings is 1. The highest BCUT2D eigenvalue weighted by atomic mass is 19.4. The molecule has 1 aliphatic rings. The van der Waals surface area contributed by atoms with Gasteiger partial charge in [-0.15, -0.1) is 0 Å². The number of urea groups is 1. The smallest absolute Gasteiger partial charge is 0.345 e. The second-order valence-electron chi connectivity index (χ2n) is 5.32. The summed E-state index contributed by atoms with van der Waals surface area (Å²) in [6.07, 6.45) is -4.62. The number of carbonyl (C=O) groups is 3. The second-order valence-corrected chi connectivity index (χ2v) is 5.32. The van der Waals surface area contributed by atoms with Crippen LogP contribution < -0.4 is 10.6 Å². The van der Waals surface area contributed by atoms with Crippen LogP contribution >= 0.6 is 0 Å². The van der Waals surface area contributed by atoms with E-state index in [0.29, 0.717) is 4.90 Å². The van der Waals surface area contributed by atoms with Crippen molar-refractivity contribution in [1.29, 1.82) is 0 Å². The summed E-state index contributed by atoms with van der Waals surface area (Å²) in [5.41, 5.74) is -1.85. The Kier molecular flexibility index (Phi) is 4.50. The van der Waals surface area contributed by atoms with Gasteiger partial charge in [-0.1, -0.05) is 18.2 Å². The minimum absolute atomic E-state index is 0.110. The van der Waals surface area contributed by atoms with Gasteiger partial charge in [-0.25, -0.2) is 9.18 Å². The fraction of sp³-hybridized carbons (Fsp3) is 0.357. The van der Waals surface area contributed by atoms with Crippen LogP contribution in [0.25, 0.3) is 0 Å². The lowest BCUT2D eigenvalue weighted by atomic mass is 9.91. The van der Waals surface area contributed by atoms with Gasteiger partial charge in [0, 0.05) is 5.56 Å². The van der Waals surface area contributed by atoms with E-state index < -0.39 is 48.5 Å². The maximum Gasteiger partial charge on any atom is 0.405 e. The Labute approximate surface area is 133 Å². The van der Waals surface area contributed by atoms with Crippen LogP contribution in [-0.2, 0) is 15.1 Å². The third-order valence-corrected chi connectivity index (χ3v) is 3.48. The highest BCUT2D eigenvalue weighted by molar-refractivity contribution is 6.09. The van der Waals surface area contributed by atoms with E-state index in [1.807, 2.05) is 0 Å². The number of carbonyl (C=O) groups excluding carboxylic acids is 3. The summed E-state index contributed by atoms with van der Waals surface area (Å²) in [7, 11) is 0. The van der Waals surface area contributed by atoms with Crippen LogP contribution in [0.1, 0.15) is 12.5 Å². The van der Waals surface area contributed by atoms with Crippen molar-refractivity contribution in [1.82, 2.24) is 15.5 Å². The predicted octanol–water partition coefficient (Wildman–Crippen LogP) is 1.27. The number of nitrogens with one attached hydrogen (secondary N) is 2. The number of alkyl halides is 3. The lowest BCUT2D eigenvalue weighted by molar-refractivity contribution is -0.141. The quantitative estimate of drug-likeness (QED) is 0.636. The number of rotatable bonds is 4. The molecule has 1 unspecified atom stereocenters. The standard InChI is InChI=1S/C14H13F4N3O3/c1-13(8-4-2-3-5-9(8)15)11(23)21(12(24)20-13)6-10(22)19-7-14(16,17)18/h2-5H,6-7H2,1H3,(H,19,22)(H,20,24). The van der Waals surface area contributed by atoms with Crippen molar-refractivity contribution < 1.29 is 31.9 Å².